The van der Waals surface area contributed by atoms with Crippen LogP contribution in [0.1, 0.15) is 5.56 Å². The lowest BCUT2D eigenvalue weighted by Crippen LogP contribution is -1.95. The smallest absolute Gasteiger partial charge is 0.124 e. The maximum Gasteiger partial charge on any atom is 0.124 e. The van der Waals surface area contributed by atoms with Crippen molar-refractivity contribution in [3.63, 3.8) is 0 Å². The van der Waals surface area contributed by atoms with Crippen molar-refractivity contribution < 1.29 is 4.39 Å². The van der Waals surface area contributed by atoms with Crippen LogP contribution in [-0.4, -0.2) is 0 Å². The summed E-state index contributed by atoms with van der Waals surface area (Å²) in [5.74, 6) is -0.270. The second kappa shape index (κ2) is 5.15. The lowest BCUT2D eigenvalue weighted by Gasteiger charge is -2.09. The van der Waals surface area contributed by atoms with Gasteiger partial charge in [-0.15, -0.1) is 0 Å². The molecule has 0 aliphatic heterocycles. The summed E-state index contributed by atoms with van der Waals surface area (Å²) >= 11 is 2.05. The Labute approximate surface area is 112 Å². The average Bonchev–Trinajstić information content (AvgIpc) is 2.33. The van der Waals surface area contributed by atoms with Gasteiger partial charge in [0.25, 0.3) is 0 Å². The number of rotatable bonds is 2. The van der Waals surface area contributed by atoms with Crippen molar-refractivity contribution in [3.05, 3.63) is 57.4 Å². The van der Waals surface area contributed by atoms with Gasteiger partial charge in [0.2, 0.25) is 0 Å². The Morgan fingerprint density at radius 2 is 1.88 bits per heavy atom. The number of hydrogen-bond donors (Lipinski definition) is 1. The van der Waals surface area contributed by atoms with Gasteiger partial charge in [-0.3, -0.25) is 0 Å². The van der Waals surface area contributed by atoms with E-state index in [1.807, 2.05) is 12.1 Å². The summed E-state index contributed by atoms with van der Waals surface area (Å²) in [6, 6.07) is 13.8. The first-order valence-corrected chi connectivity index (χ1v) is 6.00. The predicted molar refractivity (Wildman–Crippen MR) is 73.6 cm³/mol. The molecule has 0 saturated heterocycles. The number of hydrogen-bond acceptors (Lipinski definition) is 2. The zero-order valence-corrected chi connectivity index (χ0v) is 10.9. The van der Waals surface area contributed by atoms with Crippen molar-refractivity contribution in [1.82, 2.24) is 0 Å². The van der Waals surface area contributed by atoms with Crippen LogP contribution in [0.4, 0.5) is 15.8 Å². The number of anilines is 2. The molecule has 0 heterocycles. The third kappa shape index (κ3) is 2.74. The highest BCUT2D eigenvalue weighted by molar-refractivity contribution is 14.1. The summed E-state index contributed by atoms with van der Waals surface area (Å²) < 4.78 is 13.7. The van der Waals surface area contributed by atoms with Crippen LogP contribution in [0.15, 0.2) is 42.5 Å². The number of para-hydroxylation sites is 1. The molecule has 0 aliphatic rings. The van der Waals surface area contributed by atoms with Gasteiger partial charge in [0.1, 0.15) is 11.9 Å². The van der Waals surface area contributed by atoms with Gasteiger partial charge in [0.05, 0.1) is 16.9 Å². The molecule has 2 rings (SSSR count). The fraction of sp³-hybridized carbons (Fsp3) is 0. The van der Waals surface area contributed by atoms with E-state index in [2.05, 4.69) is 34.0 Å². The summed E-state index contributed by atoms with van der Waals surface area (Å²) in [7, 11) is 0. The molecule has 2 aromatic carbocycles. The van der Waals surface area contributed by atoms with Crippen LogP contribution in [0.2, 0.25) is 0 Å². The van der Waals surface area contributed by atoms with Gasteiger partial charge in [-0.05, 0) is 52.9 Å². The Kier molecular flexibility index (Phi) is 3.59. The minimum absolute atomic E-state index is 0.270. The lowest BCUT2D eigenvalue weighted by molar-refractivity contribution is 0.627. The summed E-state index contributed by atoms with van der Waals surface area (Å²) in [6.07, 6.45) is 0. The van der Waals surface area contributed by atoms with E-state index >= 15 is 0 Å². The summed E-state index contributed by atoms with van der Waals surface area (Å²) in [5.41, 5.74) is 2.07. The first-order chi connectivity index (χ1) is 8.20. The molecule has 0 fully saturated rings. The number of nitrogens with one attached hydrogen (secondary N) is 1. The van der Waals surface area contributed by atoms with Crippen LogP contribution < -0.4 is 5.32 Å². The van der Waals surface area contributed by atoms with Crippen molar-refractivity contribution in [2.45, 2.75) is 0 Å². The number of nitriles is 1. The fourth-order valence-corrected chi connectivity index (χ4v) is 2.04. The molecule has 1 N–H and O–H groups in total. The minimum Gasteiger partial charge on any atom is -0.354 e. The normalized spacial score (nSPS) is 9.71. The van der Waals surface area contributed by atoms with Gasteiger partial charge >= 0.3 is 0 Å². The van der Waals surface area contributed by atoms with Crippen LogP contribution in [0.5, 0.6) is 0 Å². The first kappa shape index (κ1) is 11.9. The molecule has 0 bridgehead atoms. The molecular weight excluding hydrogens is 330 g/mol. The van der Waals surface area contributed by atoms with Crippen LogP contribution in [0.25, 0.3) is 0 Å². The molecule has 0 unspecified atom stereocenters. The van der Waals surface area contributed by atoms with Crippen LogP contribution in [0, 0.1) is 20.7 Å². The predicted octanol–water partition coefficient (Wildman–Crippen LogP) is 4.05. The third-order valence-electron chi connectivity index (χ3n) is 2.25. The summed E-state index contributed by atoms with van der Waals surface area (Å²) in [4.78, 5) is 0. The second-order valence-electron chi connectivity index (χ2n) is 3.41. The lowest BCUT2D eigenvalue weighted by atomic mass is 10.2. The van der Waals surface area contributed by atoms with E-state index in [1.54, 1.807) is 18.2 Å². The molecule has 0 spiro atoms. The van der Waals surface area contributed by atoms with Gasteiger partial charge < -0.3 is 5.32 Å². The Hall–Kier alpha value is -1.61. The fourth-order valence-electron chi connectivity index (χ4n) is 1.43. The molecule has 0 radical (unpaired) electrons. The Morgan fingerprint density at radius 3 is 2.59 bits per heavy atom. The third-order valence-corrected chi connectivity index (χ3v) is 3.14. The molecule has 84 valence electrons. The SMILES string of the molecule is N#Cc1ccccc1Nc1ccc(F)cc1I. The van der Waals surface area contributed by atoms with Gasteiger partial charge in [-0.25, -0.2) is 4.39 Å². The number of benzene rings is 2. The highest BCUT2D eigenvalue weighted by Crippen LogP contribution is 2.25. The van der Waals surface area contributed by atoms with Gasteiger partial charge in [-0.1, -0.05) is 12.1 Å². The van der Waals surface area contributed by atoms with E-state index in [9.17, 15) is 4.39 Å². The molecule has 0 aliphatic carbocycles. The maximum absolute atomic E-state index is 12.9. The second-order valence-corrected chi connectivity index (χ2v) is 4.57. The van der Waals surface area contributed by atoms with E-state index in [0.717, 1.165) is 14.9 Å². The molecule has 2 nitrogen and oxygen atoms in total. The Bertz CT molecular complexity index is 590. The van der Waals surface area contributed by atoms with Crippen molar-refractivity contribution in [3.8, 4) is 6.07 Å². The van der Waals surface area contributed by atoms with Crippen molar-refractivity contribution >= 4 is 34.0 Å². The van der Waals surface area contributed by atoms with Crippen LogP contribution in [0.3, 0.4) is 0 Å². The Morgan fingerprint density at radius 1 is 1.12 bits per heavy atom. The van der Waals surface area contributed by atoms with Crippen LogP contribution in [-0.2, 0) is 0 Å². The van der Waals surface area contributed by atoms with Crippen molar-refractivity contribution in [1.29, 1.82) is 5.26 Å². The average molecular weight is 338 g/mol. The van der Waals surface area contributed by atoms with E-state index in [4.69, 9.17) is 5.26 Å². The topological polar surface area (TPSA) is 35.8 Å². The van der Waals surface area contributed by atoms with E-state index in [0.29, 0.717) is 5.56 Å². The van der Waals surface area contributed by atoms with Gasteiger partial charge in [0.15, 0.2) is 0 Å². The molecule has 0 atom stereocenters. The Balaban J connectivity index is 2.35. The van der Waals surface area contributed by atoms with Crippen molar-refractivity contribution in [2.24, 2.45) is 0 Å². The maximum atomic E-state index is 12.9. The van der Waals surface area contributed by atoms with Gasteiger partial charge in [0, 0.05) is 3.57 Å². The molecule has 17 heavy (non-hydrogen) atoms. The molecule has 0 saturated carbocycles. The molecule has 0 amide bonds. The van der Waals surface area contributed by atoms with Crippen LogP contribution >= 0.6 is 22.6 Å². The highest BCUT2D eigenvalue weighted by Gasteiger charge is 2.04. The summed E-state index contributed by atoms with van der Waals surface area (Å²) in [5, 5.41) is 12.1. The van der Waals surface area contributed by atoms with Crippen molar-refractivity contribution in [2.75, 3.05) is 5.32 Å². The molecule has 0 aromatic heterocycles. The molecule has 2 aromatic rings. The quantitative estimate of drug-likeness (QED) is 0.839. The van der Waals surface area contributed by atoms with Gasteiger partial charge in [-0.2, -0.15) is 5.26 Å². The highest BCUT2D eigenvalue weighted by atomic mass is 127. The molecule has 4 heteroatoms. The minimum atomic E-state index is -0.270. The first-order valence-electron chi connectivity index (χ1n) is 4.92. The zero-order chi connectivity index (χ0) is 12.3. The largest absolute Gasteiger partial charge is 0.354 e. The molecular formula is C13H8FIN2. The summed E-state index contributed by atoms with van der Waals surface area (Å²) in [6.45, 7) is 0. The van der Waals surface area contributed by atoms with E-state index in [1.165, 1.54) is 12.1 Å². The number of halogens is 2. The monoisotopic (exact) mass is 338 g/mol. The zero-order valence-electron chi connectivity index (χ0n) is 8.74. The van der Waals surface area contributed by atoms with E-state index < -0.39 is 0 Å². The number of nitrogens with zero attached hydrogens (tertiary/aromatic N) is 1. The van der Waals surface area contributed by atoms with E-state index in [-0.39, 0.29) is 5.82 Å². The standard InChI is InChI=1S/C13H8FIN2/c14-10-5-6-13(11(15)7-10)17-12-4-2-1-3-9(12)8-16/h1-7,17H.